The highest BCUT2D eigenvalue weighted by atomic mass is 79.9. The third-order valence-corrected chi connectivity index (χ3v) is 4.15. The van der Waals surface area contributed by atoms with Crippen molar-refractivity contribution in [2.24, 2.45) is 5.92 Å². The molecule has 14 heavy (non-hydrogen) atoms. The molecule has 0 saturated carbocycles. The molecule has 1 heterocycles. The van der Waals surface area contributed by atoms with Crippen LogP contribution in [0.2, 0.25) is 0 Å². The molecule has 0 radical (unpaired) electrons. The maximum Gasteiger partial charge on any atom is 0.0593 e. The quantitative estimate of drug-likeness (QED) is 0.559. The molecule has 0 bridgehead atoms. The summed E-state index contributed by atoms with van der Waals surface area (Å²) in [5, 5.41) is 0. The van der Waals surface area contributed by atoms with Gasteiger partial charge < -0.3 is 9.64 Å². The molecule has 0 N–H and O–H groups in total. The highest BCUT2D eigenvalue weighted by molar-refractivity contribution is 9.09. The summed E-state index contributed by atoms with van der Waals surface area (Å²) in [5.41, 5.74) is 0. The highest BCUT2D eigenvalue weighted by Gasteiger charge is 2.23. The van der Waals surface area contributed by atoms with Gasteiger partial charge in [-0.2, -0.15) is 0 Å². The molecule has 1 aliphatic rings. The Morgan fingerprint density at radius 1 is 1.43 bits per heavy atom. The molecule has 0 aromatic carbocycles. The summed E-state index contributed by atoms with van der Waals surface area (Å²) in [4.78, 5) is 3.23. The maximum absolute atomic E-state index is 5.49. The second-order valence-corrected chi connectivity index (χ2v) is 5.37. The van der Waals surface area contributed by atoms with Crippen LogP contribution in [0.3, 0.4) is 0 Å². The molecule has 84 valence electrons. The summed E-state index contributed by atoms with van der Waals surface area (Å²) in [6.45, 7) is 9.81. The fraction of sp³-hybridized carbons (Fsp3) is 1.00. The zero-order chi connectivity index (χ0) is 10.4. The van der Waals surface area contributed by atoms with Gasteiger partial charge in [-0.05, 0) is 25.3 Å². The number of piperidine rings is 1. The van der Waals surface area contributed by atoms with Crippen molar-refractivity contribution in [3.8, 4) is 0 Å². The standard InChI is InChI=1S/C11H22BrNO/c1-3-7-14-8-6-13-5-4-11(12)10(2)9-13/h10-11H,3-9H2,1-2H3. The maximum atomic E-state index is 5.49. The lowest BCUT2D eigenvalue weighted by molar-refractivity contribution is 0.0892. The van der Waals surface area contributed by atoms with Crippen LogP contribution in [0, 0.1) is 5.92 Å². The number of rotatable bonds is 5. The average molecular weight is 264 g/mol. The van der Waals surface area contributed by atoms with Gasteiger partial charge in [-0.1, -0.05) is 29.8 Å². The summed E-state index contributed by atoms with van der Waals surface area (Å²) in [6.07, 6.45) is 2.40. The van der Waals surface area contributed by atoms with E-state index in [2.05, 4.69) is 34.7 Å². The van der Waals surface area contributed by atoms with E-state index in [0.29, 0.717) is 0 Å². The average Bonchev–Trinajstić information content (AvgIpc) is 2.18. The van der Waals surface area contributed by atoms with E-state index >= 15 is 0 Å². The van der Waals surface area contributed by atoms with E-state index in [1.807, 2.05) is 0 Å². The van der Waals surface area contributed by atoms with Crippen LogP contribution in [-0.2, 0) is 4.74 Å². The Labute approximate surface area is 96.1 Å². The van der Waals surface area contributed by atoms with Crippen LogP contribution in [0.4, 0.5) is 0 Å². The van der Waals surface area contributed by atoms with E-state index in [9.17, 15) is 0 Å². The third kappa shape index (κ3) is 4.28. The molecule has 2 unspecified atom stereocenters. The summed E-state index contributed by atoms with van der Waals surface area (Å²) in [6, 6.07) is 0. The highest BCUT2D eigenvalue weighted by Crippen LogP contribution is 2.22. The van der Waals surface area contributed by atoms with Gasteiger partial charge in [0.25, 0.3) is 0 Å². The first kappa shape index (κ1) is 12.5. The molecule has 2 nitrogen and oxygen atoms in total. The fourth-order valence-electron chi connectivity index (χ4n) is 1.85. The number of likely N-dealkylation sites (tertiary alicyclic amines) is 1. The second kappa shape index (κ2) is 6.81. The first-order valence-corrected chi connectivity index (χ1v) is 6.59. The van der Waals surface area contributed by atoms with Gasteiger partial charge in [-0.15, -0.1) is 0 Å². The minimum atomic E-state index is 0.718. The van der Waals surface area contributed by atoms with Crippen molar-refractivity contribution in [1.82, 2.24) is 4.90 Å². The number of nitrogens with zero attached hydrogens (tertiary/aromatic N) is 1. The molecule has 0 spiro atoms. The number of halogens is 1. The minimum Gasteiger partial charge on any atom is -0.380 e. The molecular formula is C11H22BrNO. The lowest BCUT2D eigenvalue weighted by atomic mass is 10.0. The summed E-state index contributed by atoms with van der Waals surface area (Å²) in [7, 11) is 0. The Hall–Kier alpha value is 0.400. The van der Waals surface area contributed by atoms with Crippen LogP contribution in [0.5, 0.6) is 0 Å². The van der Waals surface area contributed by atoms with Crippen molar-refractivity contribution >= 4 is 15.9 Å². The van der Waals surface area contributed by atoms with Crippen LogP contribution in [-0.4, -0.2) is 42.6 Å². The Kier molecular flexibility index (Phi) is 6.06. The van der Waals surface area contributed by atoms with Crippen molar-refractivity contribution in [2.45, 2.75) is 31.5 Å². The Morgan fingerprint density at radius 3 is 2.86 bits per heavy atom. The Balaban J connectivity index is 2.07. The van der Waals surface area contributed by atoms with E-state index in [4.69, 9.17) is 4.74 Å². The number of ether oxygens (including phenoxy) is 1. The van der Waals surface area contributed by atoms with Gasteiger partial charge in [-0.25, -0.2) is 0 Å². The predicted octanol–water partition coefficient (Wildman–Crippen LogP) is 2.52. The van der Waals surface area contributed by atoms with E-state index in [-0.39, 0.29) is 0 Å². The largest absolute Gasteiger partial charge is 0.380 e. The molecule has 1 fully saturated rings. The molecule has 0 amide bonds. The number of hydrogen-bond donors (Lipinski definition) is 0. The van der Waals surface area contributed by atoms with Crippen LogP contribution >= 0.6 is 15.9 Å². The zero-order valence-electron chi connectivity index (χ0n) is 9.34. The van der Waals surface area contributed by atoms with Crippen molar-refractivity contribution in [3.63, 3.8) is 0 Å². The van der Waals surface area contributed by atoms with Gasteiger partial charge in [0, 0.05) is 24.5 Å². The van der Waals surface area contributed by atoms with Gasteiger partial charge in [0.05, 0.1) is 6.61 Å². The van der Waals surface area contributed by atoms with E-state index in [1.165, 1.54) is 19.5 Å². The second-order valence-electron chi connectivity index (χ2n) is 4.19. The van der Waals surface area contributed by atoms with Gasteiger partial charge in [-0.3, -0.25) is 0 Å². The van der Waals surface area contributed by atoms with Gasteiger partial charge in [0.1, 0.15) is 0 Å². The molecular weight excluding hydrogens is 242 g/mol. The van der Waals surface area contributed by atoms with Crippen molar-refractivity contribution < 1.29 is 4.74 Å². The normalized spacial score (nSPS) is 29.4. The lowest BCUT2D eigenvalue weighted by Gasteiger charge is -2.34. The SMILES string of the molecule is CCCOCCN1CCC(Br)C(C)C1. The van der Waals surface area contributed by atoms with E-state index < -0.39 is 0 Å². The van der Waals surface area contributed by atoms with Crippen molar-refractivity contribution in [3.05, 3.63) is 0 Å². The smallest absolute Gasteiger partial charge is 0.0593 e. The van der Waals surface area contributed by atoms with Gasteiger partial charge >= 0.3 is 0 Å². The topological polar surface area (TPSA) is 12.5 Å². The Morgan fingerprint density at radius 2 is 2.21 bits per heavy atom. The number of alkyl halides is 1. The van der Waals surface area contributed by atoms with E-state index in [1.54, 1.807) is 0 Å². The van der Waals surface area contributed by atoms with Crippen LogP contribution in [0.15, 0.2) is 0 Å². The molecule has 1 rings (SSSR count). The predicted molar refractivity (Wildman–Crippen MR) is 64.0 cm³/mol. The van der Waals surface area contributed by atoms with E-state index in [0.717, 1.165) is 36.9 Å². The fourth-order valence-corrected chi connectivity index (χ4v) is 2.22. The zero-order valence-corrected chi connectivity index (χ0v) is 10.9. The van der Waals surface area contributed by atoms with Crippen LogP contribution in [0.1, 0.15) is 26.7 Å². The summed E-state index contributed by atoms with van der Waals surface area (Å²) in [5.74, 6) is 0.773. The van der Waals surface area contributed by atoms with Gasteiger partial charge in [0.15, 0.2) is 0 Å². The summed E-state index contributed by atoms with van der Waals surface area (Å²) >= 11 is 3.72. The minimum absolute atomic E-state index is 0.718. The molecule has 1 saturated heterocycles. The third-order valence-electron chi connectivity index (χ3n) is 2.79. The Bertz CT molecular complexity index is 154. The molecule has 0 aromatic heterocycles. The van der Waals surface area contributed by atoms with Crippen LogP contribution in [0.25, 0.3) is 0 Å². The molecule has 3 heteroatoms. The molecule has 0 aromatic rings. The first-order valence-electron chi connectivity index (χ1n) is 5.68. The number of hydrogen-bond acceptors (Lipinski definition) is 2. The monoisotopic (exact) mass is 263 g/mol. The van der Waals surface area contributed by atoms with Crippen molar-refractivity contribution in [1.29, 1.82) is 0 Å². The first-order chi connectivity index (χ1) is 6.74. The van der Waals surface area contributed by atoms with Gasteiger partial charge in [0.2, 0.25) is 0 Å². The summed E-state index contributed by atoms with van der Waals surface area (Å²) < 4.78 is 5.49. The molecule has 2 atom stereocenters. The lowest BCUT2D eigenvalue weighted by Crippen LogP contribution is -2.41. The van der Waals surface area contributed by atoms with Crippen LogP contribution < -0.4 is 0 Å². The van der Waals surface area contributed by atoms with Crippen molar-refractivity contribution in [2.75, 3.05) is 32.8 Å². The molecule has 0 aliphatic carbocycles. The molecule has 1 aliphatic heterocycles.